The monoisotopic (exact) mass is 420 g/mol. The Morgan fingerprint density at radius 1 is 1.15 bits per heavy atom. The zero-order valence-electron chi connectivity index (χ0n) is 15.9. The molecule has 3 N–H and O–H groups in total. The molecule has 1 heterocycles. The van der Waals surface area contributed by atoms with Crippen molar-refractivity contribution in [1.82, 2.24) is 10.2 Å². The number of aromatic amines is 1. The number of phenols is 1. The number of phenolic OH excluding ortho intramolecular Hbond substituents is 1. The molecule has 2 rings (SSSR count). The van der Waals surface area contributed by atoms with Crippen molar-refractivity contribution in [1.29, 1.82) is 0 Å². The SMILES string of the molecule is CC(C)(C)c1cc(/C=N\Nc2cn[nH]c(=O)c2Br)cc(C(C)(C)C)c1O. The molecule has 0 saturated carbocycles. The molecule has 1 aromatic heterocycles. The highest BCUT2D eigenvalue weighted by molar-refractivity contribution is 9.10. The van der Waals surface area contributed by atoms with Crippen LogP contribution in [0.2, 0.25) is 0 Å². The minimum Gasteiger partial charge on any atom is -0.507 e. The Balaban J connectivity index is 2.43. The fourth-order valence-electron chi connectivity index (χ4n) is 2.51. The molecule has 26 heavy (non-hydrogen) atoms. The van der Waals surface area contributed by atoms with E-state index in [1.165, 1.54) is 6.20 Å². The van der Waals surface area contributed by atoms with Crippen molar-refractivity contribution < 1.29 is 5.11 Å². The third-order valence-electron chi connectivity index (χ3n) is 3.94. The van der Waals surface area contributed by atoms with Gasteiger partial charge in [0.15, 0.2) is 0 Å². The number of nitrogens with zero attached hydrogens (tertiary/aromatic N) is 2. The molecule has 0 spiro atoms. The lowest BCUT2D eigenvalue weighted by Crippen LogP contribution is -2.18. The minimum atomic E-state index is -0.333. The summed E-state index contributed by atoms with van der Waals surface area (Å²) in [5.74, 6) is 0.330. The number of benzene rings is 1. The lowest BCUT2D eigenvalue weighted by Gasteiger charge is -2.27. The molecule has 7 heteroatoms. The van der Waals surface area contributed by atoms with Crippen LogP contribution in [0.3, 0.4) is 0 Å². The summed E-state index contributed by atoms with van der Waals surface area (Å²) in [6.45, 7) is 12.4. The average Bonchev–Trinajstić information content (AvgIpc) is 2.50. The first-order valence-electron chi connectivity index (χ1n) is 8.31. The molecule has 0 amide bonds. The maximum atomic E-state index is 11.5. The molecular formula is C19H25BrN4O2. The van der Waals surface area contributed by atoms with E-state index >= 15 is 0 Å². The van der Waals surface area contributed by atoms with E-state index in [1.807, 2.05) is 12.1 Å². The van der Waals surface area contributed by atoms with Gasteiger partial charge in [0.25, 0.3) is 5.56 Å². The van der Waals surface area contributed by atoms with Crippen LogP contribution in [0.15, 0.2) is 32.7 Å². The lowest BCUT2D eigenvalue weighted by molar-refractivity contribution is 0.423. The van der Waals surface area contributed by atoms with Crippen LogP contribution in [-0.4, -0.2) is 21.5 Å². The average molecular weight is 421 g/mol. The number of anilines is 1. The van der Waals surface area contributed by atoms with Crippen LogP contribution in [0.5, 0.6) is 5.75 Å². The van der Waals surface area contributed by atoms with Crippen LogP contribution in [0, 0.1) is 0 Å². The number of hydrogen-bond acceptors (Lipinski definition) is 5. The first kappa shape index (κ1) is 20.2. The van der Waals surface area contributed by atoms with Gasteiger partial charge in [0.2, 0.25) is 0 Å². The molecule has 0 saturated heterocycles. The van der Waals surface area contributed by atoms with E-state index in [4.69, 9.17) is 0 Å². The van der Waals surface area contributed by atoms with E-state index in [0.29, 0.717) is 15.9 Å². The highest BCUT2D eigenvalue weighted by atomic mass is 79.9. The summed E-state index contributed by atoms with van der Waals surface area (Å²) in [4.78, 5) is 11.5. The Morgan fingerprint density at radius 2 is 1.69 bits per heavy atom. The molecule has 0 fully saturated rings. The molecule has 2 aromatic rings. The summed E-state index contributed by atoms with van der Waals surface area (Å²) in [5, 5.41) is 21.0. The largest absolute Gasteiger partial charge is 0.507 e. The molecule has 6 nitrogen and oxygen atoms in total. The highest BCUT2D eigenvalue weighted by Gasteiger charge is 2.26. The Kier molecular flexibility index (Phi) is 5.61. The van der Waals surface area contributed by atoms with Crippen LogP contribution in [0.25, 0.3) is 0 Å². The molecule has 0 atom stereocenters. The first-order valence-corrected chi connectivity index (χ1v) is 9.11. The summed E-state index contributed by atoms with van der Waals surface area (Å²) in [6.07, 6.45) is 3.14. The Bertz CT molecular complexity index is 855. The van der Waals surface area contributed by atoms with Gasteiger partial charge in [-0.25, -0.2) is 5.10 Å². The van der Waals surface area contributed by atoms with E-state index in [0.717, 1.165) is 16.7 Å². The number of H-pyrrole nitrogens is 1. The van der Waals surface area contributed by atoms with E-state index < -0.39 is 0 Å². The molecule has 140 valence electrons. The molecule has 0 aliphatic heterocycles. The lowest BCUT2D eigenvalue weighted by atomic mass is 9.78. The number of aromatic nitrogens is 2. The molecule has 0 aliphatic rings. The van der Waals surface area contributed by atoms with Crippen LogP contribution in [0.4, 0.5) is 5.69 Å². The van der Waals surface area contributed by atoms with E-state index in [1.54, 1.807) is 6.21 Å². The van der Waals surface area contributed by atoms with E-state index in [9.17, 15) is 9.90 Å². The molecule has 0 radical (unpaired) electrons. The summed E-state index contributed by atoms with van der Waals surface area (Å²) < 4.78 is 0.334. The second-order valence-electron chi connectivity index (χ2n) is 8.26. The van der Waals surface area contributed by atoms with Gasteiger partial charge in [0.05, 0.1) is 18.1 Å². The van der Waals surface area contributed by atoms with Gasteiger partial charge >= 0.3 is 0 Å². The van der Waals surface area contributed by atoms with Gasteiger partial charge in [-0.1, -0.05) is 41.5 Å². The normalized spacial score (nSPS) is 12.6. The Labute approximate surface area is 161 Å². The second kappa shape index (κ2) is 7.23. The zero-order chi connectivity index (χ0) is 19.7. The van der Waals surface area contributed by atoms with Crippen LogP contribution in [-0.2, 0) is 10.8 Å². The van der Waals surface area contributed by atoms with Gasteiger partial charge in [0, 0.05) is 11.1 Å². The van der Waals surface area contributed by atoms with Gasteiger partial charge in [-0.2, -0.15) is 10.2 Å². The first-order chi connectivity index (χ1) is 11.9. The van der Waals surface area contributed by atoms with Gasteiger partial charge in [-0.3, -0.25) is 10.2 Å². The number of aromatic hydroxyl groups is 1. The Morgan fingerprint density at radius 3 is 2.19 bits per heavy atom. The van der Waals surface area contributed by atoms with Crippen molar-refractivity contribution in [2.45, 2.75) is 52.4 Å². The number of halogens is 1. The van der Waals surface area contributed by atoms with Gasteiger partial charge in [-0.15, -0.1) is 0 Å². The number of hydrazone groups is 1. The van der Waals surface area contributed by atoms with Crippen molar-refractivity contribution in [2.75, 3.05) is 5.43 Å². The van der Waals surface area contributed by atoms with Gasteiger partial charge in [-0.05, 0) is 44.5 Å². The van der Waals surface area contributed by atoms with Crippen molar-refractivity contribution in [2.24, 2.45) is 5.10 Å². The molecule has 0 unspecified atom stereocenters. The smallest absolute Gasteiger partial charge is 0.280 e. The van der Waals surface area contributed by atoms with Crippen molar-refractivity contribution >= 4 is 27.8 Å². The maximum absolute atomic E-state index is 11.5. The molecule has 1 aromatic carbocycles. The van der Waals surface area contributed by atoms with Crippen molar-refractivity contribution in [3.8, 4) is 5.75 Å². The number of nitrogens with one attached hydrogen (secondary N) is 2. The number of rotatable bonds is 3. The molecule has 0 aliphatic carbocycles. The fraction of sp³-hybridized carbons (Fsp3) is 0.421. The van der Waals surface area contributed by atoms with Crippen LogP contribution in [0.1, 0.15) is 58.2 Å². The minimum absolute atomic E-state index is 0.207. The summed E-state index contributed by atoms with van der Waals surface area (Å²) in [6, 6.07) is 3.86. The topological polar surface area (TPSA) is 90.4 Å². The van der Waals surface area contributed by atoms with E-state index in [-0.39, 0.29) is 16.4 Å². The fourth-order valence-corrected chi connectivity index (χ4v) is 2.79. The number of hydrogen-bond donors (Lipinski definition) is 3. The zero-order valence-corrected chi connectivity index (χ0v) is 17.5. The van der Waals surface area contributed by atoms with Crippen molar-refractivity contribution in [3.05, 3.63) is 49.8 Å². The summed E-state index contributed by atoms with van der Waals surface area (Å²) in [5.41, 5.74) is 5.12. The standard InChI is InChI=1S/C19H25BrN4O2/c1-18(2,3)12-7-11(8-13(16(12)25)19(4,5)6)9-21-23-14-10-22-24-17(26)15(14)20/h7-10,25H,1-6H3,(H2,23,24,26)/b21-9-. The van der Waals surface area contributed by atoms with E-state index in [2.05, 4.69) is 78.2 Å². The Hall–Kier alpha value is -2.15. The highest BCUT2D eigenvalue weighted by Crippen LogP contribution is 2.39. The van der Waals surface area contributed by atoms with Crippen LogP contribution >= 0.6 is 15.9 Å². The summed E-state index contributed by atoms with van der Waals surface area (Å²) >= 11 is 3.20. The van der Waals surface area contributed by atoms with Crippen LogP contribution < -0.4 is 11.0 Å². The second-order valence-corrected chi connectivity index (χ2v) is 9.05. The predicted octanol–water partition coefficient (Wildman–Crippen LogP) is 4.28. The quantitative estimate of drug-likeness (QED) is 0.510. The maximum Gasteiger partial charge on any atom is 0.280 e. The predicted molar refractivity (Wildman–Crippen MR) is 109 cm³/mol. The van der Waals surface area contributed by atoms with Gasteiger partial charge < -0.3 is 5.11 Å². The van der Waals surface area contributed by atoms with Crippen molar-refractivity contribution in [3.63, 3.8) is 0 Å². The van der Waals surface area contributed by atoms with Gasteiger partial charge in [0.1, 0.15) is 10.2 Å². The third-order valence-corrected chi connectivity index (χ3v) is 4.73. The summed E-state index contributed by atoms with van der Waals surface area (Å²) in [7, 11) is 0. The molecule has 0 bridgehead atoms. The third kappa shape index (κ3) is 4.52. The molecular weight excluding hydrogens is 396 g/mol.